The summed E-state index contributed by atoms with van der Waals surface area (Å²) in [4.78, 5) is 26.5. The number of aryl methyl sites for hydroxylation is 3. The van der Waals surface area contributed by atoms with Crippen LogP contribution in [-0.2, 0) is 13.0 Å². The highest BCUT2D eigenvalue weighted by Gasteiger charge is 2.41. The van der Waals surface area contributed by atoms with E-state index in [1.807, 2.05) is 17.9 Å². The van der Waals surface area contributed by atoms with E-state index in [4.69, 9.17) is 4.98 Å². The summed E-state index contributed by atoms with van der Waals surface area (Å²) in [7, 11) is 0. The van der Waals surface area contributed by atoms with E-state index in [9.17, 15) is 9.18 Å². The molecule has 2 aromatic heterocycles. The first-order valence-electron chi connectivity index (χ1n) is 10.1. The van der Waals surface area contributed by atoms with Crippen LogP contribution in [0, 0.1) is 12.8 Å². The van der Waals surface area contributed by atoms with Gasteiger partial charge in [0.1, 0.15) is 18.3 Å². The fourth-order valence-corrected chi connectivity index (χ4v) is 4.41. The van der Waals surface area contributed by atoms with Gasteiger partial charge in [-0.3, -0.25) is 9.48 Å². The molecule has 2 aliphatic rings. The van der Waals surface area contributed by atoms with Crippen molar-refractivity contribution in [3.63, 3.8) is 0 Å². The second kappa shape index (κ2) is 7.85. The minimum atomic E-state index is -0.490. The SMILES string of the molecule is CCc1nc(C)cc(N2CCC[C@H]3CN(C(=O)c4cnn(CCF)c4)C[C@H]32)n1. The number of carbonyl (C=O) groups excluding carboxylic acids is 1. The van der Waals surface area contributed by atoms with Gasteiger partial charge in [0.05, 0.1) is 24.3 Å². The number of nitrogens with zero attached hydrogens (tertiary/aromatic N) is 6. The maximum Gasteiger partial charge on any atom is 0.257 e. The van der Waals surface area contributed by atoms with Crippen molar-refractivity contribution in [3.8, 4) is 0 Å². The molecule has 1 amide bonds. The van der Waals surface area contributed by atoms with E-state index < -0.39 is 6.67 Å². The number of amides is 1. The van der Waals surface area contributed by atoms with Gasteiger partial charge in [-0.1, -0.05) is 6.92 Å². The van der Waals surface area contributed by atoms with Gasteiger partial charge >= 0.3 is 0 Å². The number of likely N-dealkylation sites (tertiary alicyclic amines) is 1. The van der Waals surface area contributed by atoms with Crippen molar-refractivity contribution < 1.29 is 9.18 Å². The largest absolute Gasteiger partial charge is 0.351 e. The zero-order valence-corrected chi connectivity index (χ0v) is 16.5. The molecule has 150 valence electrons. The van der Waals surface area contributed by atoms with Gasteiger partial charge in [0, 0.05) is 44.0 Å². The van der Waals surface area contributed by atoms with E-state index >= 15 is 0 Å². The van der Waals surface area contributed by atoms with Crippen molar-refractivity contribution >= 4 is 11.7 Å². The summed E-state index contributed by atoms with van der Waals surface area (Å²) in [6.45, 7) is 6.15. The van der Waals surface area contributed by atoms with Crippen molar-refractivity contribution in [2.75, 3.05) is 31.2 Å². The summed E-state index contributed by atoms with van der Waals surface area (Å²) in [6, 6.07) is 2.32. The molecule has 0 saturated carbocycles. The Balaban J connectivity index is 1.52. The molecule has 0 aromatic carbocycles. The van der Waals surface area contributed by atoms with Crippen LogP contribution in [0.15, 0.2) is 18.5 Å². The number of halogens is 1. The Morgan fingerprint density at radius 2 is 2.18 bits per heavy atom. The molecule has 4 heterocycles. The van der Waals surface area contributed by atoms with Crippen LogP contribution in [0.2, 0.25) is 0 Å². The third-order valence-corrected chi connectivity index (χ3v) is 5.76. The minimum Gasteiger partial charge on any atom is -0.351 e. The zero-order chi connectivity index (χ0) is 19.7. The molecule has 0 radical (unpaired) electrons. The standard InChI is InChI=1S/C20H27FN6O/c1-3-18-23-14(2)9-19(24-18)27-7-4-5-15-11-25(13-17(15)27)20(28)16-10-22-26(12-16)8-6-21/h9-10,12,15,17H,3-8,11,13H2,1-2H3/t15-,17+/m0/s1. The molecule has 2 aliphatic heterocycles. The lowest BCUT2D eigenvalue weighted by Gasteiger charge is -2.37. The number of anilines is 1. The lowest BCUT2D eigenvalue weighted by atomic mass is 9.92. The highest BCUT2D eigenvalue weighted by molar-refractivity contribution is 5.94. The quantitative estimate of drug-likeness (QED) is 0.789. The molecule has 0 bridgehead atoms. The maximum atomic E-state index is 12.9. The highest BCUT2D eigenvalue weighted by atomic mass is 19.1. The zero-order valence-electron chi connectivity index (χ0n) is 16.5. The van der Waals surface area contributed by atoms with Crippen molar-refractivity contribution in [2.45, 2.75) is 45.7 Å². The molecule has 2 saturated heterocycles. The van der Waals surface area contributed by atoms with Gasteiger partial charge in [0.2, 0.25) is 0 Å². The molecule has 7 nitrogen and oxygen atoms in total. The summed E-state index contributed by atoms with van der Waals surface area (Å²) in [5.41, 5.74) is 1.51. The van der Waals surface area contributed by atoms with Crippen molar-refractivity contribution in [2.24, 2.45) is 5.92 Å². The van der Waals surface area contributed by atoms with E-state index in [-0.39, 0.29) is 18.5 Å². The first kappa shape index (κ1) is 18.8. The van der Waals surface area contributed by atoms with Crippen LogP contribution in [0.25, 0.3) is 0 Å². The highest BCUT2D eigenvalue weighted by Crippen LogP contribution is 2.34. The molecule has 2 fully saturated rings. The Labute approximate surface area is 164 Å². The van der Waals surface area contributed by atoms with Crippen LogP contribution < -0.4 is 4.90 Å². The summed E-state index contributed by atoms with van der Waals surface area (Å²) in [6.07, 6.45) is 6.21. The first-order chi connectivity index (χ1) is 13.6. The van der Waals surface area contributed by atoms with Gasteiger partial charge in [-0.2, -0.15) is 5.10 Å². The van der Waals surface area contributed by atoms with Gasteiger partial charge in [-0.15, -0.1) is 0 Å². The Bertz CT molecular complexity index is 853. The van der Waals surface area contributed by atoms with Crippen LogP contribution in [0.4, 0.5) is 10.2 Å². The summed E-state index contributed by atoms with van der Waals surface area (Å²) in [5, 5.41) is 4.08. The van der Waals surface area contributed by atoms with Crippen LogP contribution in [0.1, 0.15) is 41.6 Å². The fraction of sp³-hybridized carbons (Fsp3) is 0.600. The average Bonchev–Trinajstić information content (AvgIpc) is 3.34. The van der Waals surface area contributed by atoms with Crippen LogP contribution in [0.3, 0.4) is 0 Å². The Kier molecular flexibility index (Phi) is 5.28. The Morgan fingerprint density at radius 3 is 2.96 bits per heavy atom. The molecular weight excluding hydrogens is 359 g/mol. The summed E-state index contributed by atoms with van der Waals surface area (Å²) < 4.78 is 14.0. The number of carbonyl (C=O) groups is 1. The second-order valence-electron chi connectivity index (χ2n) is 7.69. The van der Waals surface area contributed by atoms with Crippen LogP contribution in [0.5, 0.6) is 0 Å². The fourth-order valence-electron chi connectivity index (χ4n) is 4.41. The molecule has 28 heavy (non-hydrogen) atoms. The first-order valence-corrected chi connectivity index (χ1v) is 10.1. The van der Waals surface area contributed by atoms with Crippen molar-refractivity contribution in [3.05, 3.63) is 35.5 Å². The Morgan fingerprint density at radius 1 is 1.32 bits per heavy atom. The molecule has 0 aliphatic carbocycles. The molecular formula is C20H27FN6O. The molecule has 0 unspecified atom stereocenters. The molecule has 2 atom stereocenters. The number of hydrogen-bond acceptors (Lipinski definition) is 5. The molecule has 0 N–H and O–H groups in total. The average molecular weight is 386 g/mol. The Hall–Kier alpha value is -2.51. The lowest BCUT2D eigenvalue weighted by molar-refractivity contribution is 0.0786. The second-order valence-corrected chi connectivity index (χ2v) is 7.69. The summed E-state index contributed by atoms with van der Waals surface area (Å²) in [5.74, 6) is 2.26. The molecule has 4 rings (SSSR count). The smallest absolute Gasteiger partial charge is 0.257 e. The van der Waals surface area contributed by atoms with Gasteiger partial charge in [0.25, 0.3) is 5.91 Å². The van der Waals surface area contributed by atoms with E-state index in [1.54, 1.807) is 12.4 Å². The van der Waals surface area contributed by atoms with E-state index in [2.05, 4.69) is 21.9 Å². The number of hydrogen-bond donors (Lipinski definition) is 0. The normalized spacial score (nSPS) is 21.8. The maximum absolute atomic E-state index is 12.9. The van der Waals surface area contributed by atoms with E-state index in [0.717, 1.165) is 49.7 Å². The number of rotatable bonds is 5. The number of fused-ring (bicyclic) bond motifs is 1. The van der Waals surface area contributed by atoms with Gasteiger partial charge < -0.3 is 9.80 Å². The topological polar surface area (TPSA) is 67.2 Å². The monoisotopic (exact) mass is 386 g/mol. The predicted molar refractivity (Wildman–Crippen MR) is 104 cm³/mol. The number of alkyl halides is 1. The van der Waals surface area contributed by atoms with Gasteiger partial charge in [-0.25, -0.2) is 14.4 Å². The van der Waals surface area contributed by atoms with Crippen molar-refractivity contribution in [1.82, 2.24) is 24.6 Å². The third-order valence-electron chi connectivity index (χ3n) is 5.76. The minimum absolute atomic E-state index is 0.0208. The van der Waals surface area contributed by atoms with Crippen LogP contribution in [-0.4, -0.2) is 62.9 Å². The number of piperidine rings is 1. The molecule has 2 aromatic rings. The predicted octanol–water partition coefficient (Wildman–Crippen LogP) is 2.25. The van der Waals surface area contributed by atoms with Gasteiger partial charge in [-0.05, 0) is 25.7 Å². The van der Waals surface area contributed by atoms with Crippen LogP contribution >= 0.6 is 0 Å². The molecule has 0 spiro atoms. The van der Waals surface area contributed by atoms with E-state index in [1.165, 1.54) is 4.68 Å². The number of aromatic nitrogens is 4. The van der Waals surface area contributed by atoms with Crippen molar-refractivity contribution in [1.29, 1.82) is 0 Å². The lowest BCUT2D eigenvalue weighted by Crippen LogP contribution is -2.46. The van der Waals surface area contributed by atoms with Gasteiger partial charge in [0.15, 0.2) is 0 Å². The summed E-state index contributed by atoms with van der Waals surface area (Å²) >= 11 is 0. The van der Waals surface area contributed by atoms with E-state index in [0.29, 0.717) is 18.0 Å². The molecule has 8 heteroatoms. The third kappa shape index (κ3) is 3.59.